The van der Waals surface area contributed by atoms with Gasteiger partial charge in [-0.25, -0.2) is 0 Å². The molecule has 0 aliphatic rings. The standard InChI is InChI=1S/C16H19N5O/c1-9(2)11-6-10(3)20-13(11)7-14-15(18-5-4-17-14)12-8-19-21-16(12)22/h4-6,8-9,20H,7H2,1-3H3,(H2,19,21,22). The van der Waals surface area contributed by atoms with Crippen LogP contribution in [0.3, 0.4) is 0 Å². The molecule has 0 radical (unpaired) electrons. The number of aryl methyl sites for hydroxylation is 1. The second kappa shape index (κ2) is 5.63. The minimum atomic E-state index is -0.187. The Hall–Kier alpha value is -2.63. The Labute approximate surface area is 128 Å². The number of rotatable bonds is 4. The van der Waals surface area contributed by atoms with Crippen LogP contribution in [0.15, 0.2) is 29.5 Å². The van der Waals surface area contributed by atoms with Gasteiger partial charge in [-0.15, -0.1) is 0 Å². The number of H-pyrrole nitrogens is 3. The van der Waals surface area contributed by atoms with E-state index in [-0.39, 0.29) is 5.56 Å². The van der Waals surface area contributed by atoms with Crippen LogP contribution in [0.25, 0.3) is 11.3 Å². The fraction of sp³-hybridized carbons (Fsp3) is 0.312. The van der Waals surface area contributed by atoms with E-state index in [9.17, 15) is 4.79 Å². The lowest BCUT2D eigenvalue weighted by molar-refractivity contribution is 0.841. The molecule has 0 aliphatic carbocycles. The second-order valence-corrected chi connectivity index (χ2v) is 5.73. The number of aromatic amines is 3. The van der Waals surface area contributed by atoms with Crippen LogP contribution < -0.4 is 5.56 Å². The van der Waals surface area contributed by atoms with Gasteiger partial charge in [0.05, 0.1) is 17.0 Å². The van der Waals surface area contributed by atoms with E-state index in [1.807, 2.05) is 6.92 Å². The molecule has 3 aromatic heterocycles. The highest BCUT2D eigenvalue weighted by molar-refractivity contribution is 5.59. The van der Waals surface area contributed by atoms with Gasteiger partial charge in [0, 0.05) is 36.4 Å². The van der Waals surface area contributed by atoms with Gasteiger partial charge in [0.25, 0.3) is 5.56 Å². The minimum Gasteiger partial charge on any atom is -0.362 e. The first-order valence-electron chi connectivity index (χ1n) is 7.31. The third kappa shape index (κ3) is 2.59. The topological polar surface area (TPSA) is 90.2 Å². The second-order valence-electron chi connectivity index (χ2n) is 5.73. The van der Waals surface area contributed by atoms with Gasteiger partial charge in [-0.05, 0) is 24.5 Å². The summed E-state index contributed by atoms with van der Waals surface area (Å²) in [5.41, 5.74) is 5.26. The van der Waals surface area contributed by atoms with Crippen LogP contribution >= 0.6 is 0 Å². The van der Waals surface area contributed by atoms with E-state index in [2.05, 4.69) is 45.1 Å². The molecule has 3 rings (SSSR count). The molecule has 22 heavy (non-hydrogen) atoms. The predicted molar refractivity (Wildman–Crippen MR) is 84.9 cm³/mol. The van der Waals surface area contributed by atoms with Crippen molar-refractivity contribution >= 4 is 0 Å². The normalized spacial score (nSPS) is 11.3. The molecule has 0 fully saturated rings. The van der Waals surface area contributed by atoms with Gasteiger partial charge in [0.2, 0.25) is 0 Å². The molecule has 0 atom stereocenters. The van der Waals surface area contributed by atoms with E-state index in [1.54, 1.807) is 18.6 Å². The molecule has 0 bridgehead atoms. The van der Waals surface area contributed by atoms with Crippen LogP contribution in [0.1, 0.15) is 42.4 Å². The predicted octanol–water partition coefficient (Wildman–Crippen LogP) is 2.51. The summed E-state index contributed by atoms with van der Waals surface area (Å²) in [5.74, 6) is 0.427. The van der Waals surface area contributed by atoms with Gasteiger partial charge in [-0.1, -0.05) is 13.8 Å². The summed E-state index contributed by atoms with van der Waals surface area (Å²) >= 11 is 0. The molecular weight excluding hydrogens is 278 g/mol. The first kappa shape index (κ1) is 14.3. The summed E-state index contributed by atoms with van der Waals surface area (Å²) in [6.45, 7) is 6.38. The maximum atomic E-state index is 11.8. The van der Waals surface area contributed by atoms with Crippen LogP contribution in [-0.4, -0.2) is 25.1 Å². The van der Waals surface area contributed by atoms with Crippen molar-refractivity contribution in [1.29, 1.82) is 0 Å². The summed E-state index contributed by atoms with van der Waals surface area (Å²) in [6.07, 6.45) is 5.51. The lowest BCUT2D eigenvalue weighted by atomic mass is 10.00. The molecular formula is C16H19N5O. The van der Waals surface area contributed by atoms with Crippen LogP contribution in [0, 0.1) is 6.92 Å². The van der Waals surface area contributed by atoms with E-state index in [0.29, 0.717) is 23.6 Å². The van der Waals surface area contributed by atoms with Gasteiger partial charge in [0.15, 0.2) is 0 Å². The molecule has 0 unspecified atom stereocenters. The SMILES string of the molecule is Cc1cc(C(C)C)c(Cc2nccnc2-c2c[nH][nH]c2=O)[nH]1. The van der Waals surface area contributed by atoms with Crippen molar-refractivity contribution in [2.45, 2.75) is 33.1 Å². The smallest absolute Gasteiger partial charge is 0.273 e. The maximum absolute atomic E-state index is 11.8. The number of hydrogen-bond acceptors (Lipinski definition) is 3. The van der Waals surface area contributed by atoms with E-state index >= 15 is 0 Å². The number of aromatic nitrogens is 5. The highest BCUT2D eigenvalue weighted by atomic mass is 16.1. The molecule has 0 amide bonds. The lowest BCUT2D eigenvalue weighted by Gasteiger charge is -2.09. The Morgan fingerprint density at radius 3 is 2.68 bits per heavy atom. The van der Waals surface area contributed by atoms with Crippen molar-refractivity contribution in [3.8, 4) is 11.3 Å². The fourth-order valence-corrected chi connectivity index (χ4v) is 2.70. The average molecular weight is 297 g/mol. The molecule has 3 heterocycles. The quantitative estimate of drug-likeness (QED) is 0.691. The molecule has 3 N–H and O–H groups in total. The van der Waals surface area contributed by atoms with Crippen molar-refractivity contribution < 1.29 is 0 Å². The molecule has 0 saturated carbocycles. The van der Waals surface area contributed by atoms with Crippen molar-refractivity contribution in [3.05, 3.63) is 57.7 Å². The highest BCUT2D eigenvalue weighted by Gasteiger charge is 2.16. The molecule has 3 aromatic rings. The van der Waals surface area contributed by atoms with Crippen molar-refractivity contribution in [2.75, 3.05) is 0 Å². The van der Waals surface area contributed by atoms with Crippen molar-refractivity contribution in [3.63, 3.8) is 0 Å². The summed E-state index contributed by atoms with van der Waals surface area (Å²) in [5, 5.41) is 5.24. The summed E-state index contributed by atoms with van der Waals surface area (Å²) in [6, 6.07) is 2.17. The summed E-state index contributed by atoms with van der Waals surface area (Å²) < 4.78 is 0. The third-order valence-electron chi connectivity index (χ3n) is 3.71. The first-order chi connectivity index (χ1) is 10.6. The van der Waals surface area contributed by atoms with Gasteiger partial charge >= 0.3 is 0 Å². The van der Waals surface area contributed by atoms with Gasteiger partial charge in [-0.2, -0.15) is 0 Å². The van der Waals surface area contributed by atoms with Gasteiger partial charge in [-0.3, -0.25) is 19.9 Å². The van der Waals surface area contributed by atoms with E-state index in [0.717, 1.165) is 17.1 Å². The van der Waals surface area contributed by atoms with Crippen LogP contribution in [-0.2, 0) is 6.42 Å². The third-order valence-corrected chi connectivity index (χ3v) is 3.71. The molecule has 0 aliphatic heterocycles. The van der Waals surface area contributed by atoms with Crippen molar-refractivity contribution in [1.82, 2.24) is 25.1 Å². The van der Waals surface area contributed by atoms with Gasteiger partial charge in [0.1, 0.15) is 0 Å². The molecule has 6 heteroatoms. The fourth-order valence-electron chi connectivity index (χ4n) is 2.70. The van der Waals surface area contributed by atoms with Gasteiger partial charge < -0.3 is 10.1 Å². The zero-order chi connectivity index (χ0) is 15.7. The minimum absolute atomic E-state index is 0.187. The largest absolute Gasteiger partial charge is 0.362 e. The zero-order valence-electron chi connectivity index (χ0n) is 12.9. The Morgan fingerprint density at radius 2 is 2.00 bits per heavy atom. The Balaban J connectivity index is 2.04. The Kier molecular flexibility index (Phi) is 3.66. The zero-order valence-corrected chi connectivity index (χ0v) is 12.9. The number of hydrogen-bond donors (Lipinski definition) is 3. The molecule has 0 saturated heterocycles. The van der Waals surface area contributed by atoms with E-state index in [4.69, 9.17) is 0 Å². The number of nitrogens with one attached hydrogen (secondary N) is 3. The summed E-state index contributed by atoms with van der Waals surface area (Å²) in [7, 11) is 0. The Bertz CT molecular complexity index is 840. The monoisotopic (exact) mass is 297 g/mol. The maximum Gasteiger partial charge on any atom is 0.273 e. The molecule has 0 aromatic carbocycles. The summed E-state index contributed by atoms with van der Waals surface area (Å²) in [4.78, 5) is 24.0. The van der Waals surface area contributed by atoms with E-state index < -0.39 is 0 Å². The van der Waals surface area contributed by atoms with E-state index in [1.165, 1.54) is 5.56 Å². The van der Waals surface area contributed by atoms with Crippen LogP contribution in [0.2, 0.25) is 0 Å². The van der Waals surface area contributed by atoms with Crippen LogP contribution in [0.4, 0.5) is 0 Å². The van der Waals surface area contributed by atoms with Crippen molar-refractivity contribution in [2.24, 2.45) is 0 Å². The molecule has 0 spiro atoms. The number of nitrogens with zero attached hydrogens (tertiary/aromatic N) is 2. The molecule has 114 valence electrons. The average Bonchev–Trinajstić information content (AvgIpc) is 3.06. The Morgan fingerprint density at radius 1 is 1.23 bits per heavy atom. The highest BCUT2D eigenvalue weighted by Crippen LogP contribution is 2.25. The lowest BCUT2D eigenvalue weighted by Crippen LogP contribution is -2.07. The first-order valence-corrected chi connectivity index (χ1v) is 7.31. The van der Waals surface area contributed by atoms with Crippen LogP contribution in [0.5, 0.6) is 0 Å². The molecule has 6 nitrogen and oxygen atoms in total.